The Labute approximate surface area is 118 Å². The molecule has 2 aromatic rings. The van der Waals surface area contributed by atoms with Crippen LogP contribution in [0, 0.1) is 17.5 Å². The van der Waals surface area contributed by atoms with Gasteiger partial charge in [-0.3, -0.25) is 0 Å². The fourth-order valence-corrected chi connectivity index (χ4v) is 1.73. The van der Waals surface area contributed by atoms with E-state index in [1.807, 2.05) is 0 Å². The first-order valence-corrected chi connectivity index (χ1v) is 5.87. The highest BCUT2D eigenvalue weighted by atomic mass is 19.2. The topological polar surface area (TPSA) is 56.3 Å². The zero-order valence-corrected chi connectivity index (χ0v) is 11.3. The van der Waals surface area contributed by atoms with E-state index >= 15 is 0 Å². The Morgan fingerprint density at radius 1 is 1.00 bits per heavy atom. The van der Waals surface area contributed by atoms with Gasteiger partial charge in [0.1, 0.15) is 6.33 Å². The molecule has 21 heavy (non-hydrogen) atoms. The van der Waals surface area contributed by atoms with Crippen LogP contribution in [0.4, 0.5) is 18.9 Å². The Bertz CT molecular complexity index is 631. The third-order valence-electron chi connectivity index (χ3n) is 2.74. The highest BCUT2D eigenvalue weighted by Gasteiger charge is 2.16. The lowest BCUT2D eigenvalue weighted by atomic mass is 10.2. The fraction of sp³-hybridized carbons (Fsp3) is 0.231. The molecule has 0 atom stereocenters. The third kappa shape index (κ3) is 2.99. The molecule has 0 aliphatic rings. The van der Waals surface area contributed by atoms with E-state index in [2.05, 4.69) is 15.3 Å². The molecule has 0 saturated heterocycles. The first kappa shape index (κ1) is 14.9. The van der Waals surface area contributed by atoms with Crippen molar-refractivity contribution in [3.05, 3.63) is 41.5 Å². The molecule has 2 rings (SSSR count). The van der Waals surface area contributed by atoms with E-state index < -0.39 is 17.5 Å². The number of halogens is 3. The van der Waals surface area contributed by atoms with Crippen molar-refractivity contribution in [3.8, 4) is 11.8 Å². The quantitative estimate of drug-likeness (QED) is 0.860. The van der Waals surface area contributed by atoms with Crippen molar-refractivity contribution in [3.63, 3.8) is 0 Å². The lowest BCUT2D eigenvalue weighted by molar-refractivity contribution is 0.363. The maximum atomic E-state index is 13.6. The maximum absolute atomic E-state index is 13.6. The molecule has 8 heteroatoms. The van der Waals surface area contributed by atoms with Gasteiger partial charge >= 0.3 is 0 Å². The van der Waals surface area contributed by atoms with E-state index in [4.69, 9.17) is 9.47 Å². The summed E-state index contributed by atoms with van der Waals surface area (Å²) >= 11 is 0. The average Bonchev–Trinajstić information content (AvgIpc) is 2.51. The van der Waals surface area contributed by atoms with E-state index in [0.29, 0.717) is 5.56 Å². The zero-order chi connectivity index (χ0) is 15.4. The minimum Gasteiger partial charge on any atom is -0.481 e. The molecule has 1 aromatic heterocycles. The molecule has 0 radical (unpaired) electrons. The van der Waals surface area contributed by atoms with Crippen molar-refractivity contribution >= 4 is 5.69 Å². The lowest BCUT2D eigenvalue weighted by Gasteiger charge is -2.13. The molecule has 0 fully saturated rings. The van der Waals surface area contributed by atoms with Crippen LogP contribution < -0.4 is 14.8 Å². The summed E-state index contributed by atoms with van der Waals surface area (Å²) in [7, 11) is 2.81. The van der Waals surface area contributed by atoms with Gasteiger partial charge in [-0.25, -0.2) is 23.1 Å². The number of ether oxygens (including phenoxy) is 2. The molecule has 0 aliphatic heterocycles. The van der Waals surface area contributed by atoms with E-state index in [1.165, 1.54) is 20.5 Å². The van der Waals surface area contributed by atoms with Gasteiger partial charge < -0.3 is 14.8 Å². The number of hydrogen-bond donors (Lipinski definition) is 1. The van der Waals surface area contributed by atoms with Gasteiger partial charge in [0.2, 0.25) is 11.8 Å². The molecule has 0 spiro atoms. The van der Waals surface area contributed by atoms with Crippen LogP contribution in [0.25, 0.3) is 0 Å². The largest absolute Gasteiger partial charge is 0.481 e. The summed E-state index contributed by atoms with van der Waals surface area (Å²) in [5, 5.41) is 2.63. The second-order valence-corrected chi connectivity index (χ2v) is 3.95. The molecular weight excluding hydrogens is 287 g/mol. The lowest BCUT2D eigenvalue weighted by Crippen LogP contribution is -2.08. The molecule has 112 valence electrons. The van der Waals surface area contributed by atoms with Gasteiger partial charge in [-0.1, -0.05) is 0 Å². The van der Waals surface area contributed by atoms with Gasteiger partial charge in [-0.05, 0) is 12.1 Å². The number of benzene rings is 1. The molecule has 0 unspecified atom stereocenters. The summed E-state index contributed by atoms with van der Waals surface area (Å²) in [4.78, 5) is 7.78. The van der Waals surface area contributed by atoms with Crippen LogP contribution >= 0.6 is 0 Å². The summed E-state index contributed by atoms with van der Waals surface area (Å²) in [5.41, 5.74) is 0.230. The highest BCUT2D eigenvalue weighted by Crippen LogP contribution is 2.26. The molecule has 0 saturated carbocycles. The number of nitrogens with one attached hydrogen (secondary N) is 1. The SMILES string of the molecule is COc1ncnc(OC)c1CNc1ccc(F)c(F)c1F. The van der Waals surface area contributed by atoms with Crippen molar-refractivity contribution in [2.24, 2.45) is 0 Å². The van der Waals surface area contributed by atoms with Crippen LogP contribution in [0.5, 0.6) is 11.8 Å². The Morgan fingerprint density at radius 3 is 2.19 bits per heavy atom. The van der Waals surface area contributed by atoms with E-state index in [1.54, 1.807) is 0 Å². The predicted octanol–water partition coefficient (Wildman–Crippen LogP) is 2.52. The molecule has 1 aromatic carbocycles. The summed E-state index contributed by atoms with van der Waals surface area (Å²) in [5.74, 6) is -3.63. The third-order valence-corrected chi connectivity index (χ3v) is 2.74. The van der Waals surface area contributed by atoms with E-state index in [9.17, 15) is 13.2 Å². The van der Waals surface area contributed by atoms with Gasteiger partial charge in [-0.15, -0.1) is 0 Å². The smallest absolute Gasteiger partial charge is 0.225 e. The van der Waals surface area contributed by atoms with Gasteiger partial charge in [0.05, 0.1) is 32.0 Å². The van der Waals surface area contributed by atoms with Crippen molar-refractivity contribution in [1.82, 2.24) is 9.97 Å². The zero-order valence-electron chi connectivity index (χ0n) is 11.3. The van der Waals surface area contributed by atoms with Gasteiger partial charge in [-0.2, -0.15) is 0 Å². The number of methoxy groups -OCH3 is 2. The van der Waals surface area contributed by atoms with Crippen molar-refractivity contribution in [1.29, 1.82) is 0 Å². The predicted molar refractivity (Wildman–Crippen MR) is 68.8 cm³/mol. The Balaban J connectivity index is 2.26. The fourth-order valence-electron chi connectivity index (χ4n) is 1.73. The average molecular weight is 299 g/mol. The highest BCUT2D eigenvalue weighted by molar-refractivity contribution is 5.47. The second-order valence-electron chi connectivity index (χ2n) is 3.95. The number of aromatic nitrogens is 2. The molecule has 0 bridgehead atoms. The standard InChI is InChI=1S/C13H12F3N3O2/c1-20-12-7(13(21-2)19-6-18-12)5-17-9-4-3-8(14)10(15)11(9)16/h3-4,6,17H,5H2,1-2H3. The first-order valence-electron chi connectivity index (χ1n) is 5.87. The second kappa shape index (κ2) is 6.29. The van der Waals surface area contributed by atoms with Crippen LogP contribution in [0.15, 0.2) is 18.5 Å². The number of hydrogen-bond acceptors (Lipinski definition) is 5. The van der Waals surface area contributed by atoms with Gasteiger partial charge in [0.25, 0.3) is 0 Å². The Morgan fingerprint density at radius 2 is 1.62 bits per heavy atom. The molecule has 0 amide bonds. The first-order chi connectivity index (χ1) is 10.1. The van der Waals surface area contributed by atoms with Crippen LogP contribution in [-0.2, 0) is 6.54 Å². The molecule has 0 aliphatic carbocycles. The molecule has 1 N–H and O–H groups in total. The maximum Gasteiger partial charge on any atom is 0.225 e. The minimum atomic E-state index is -1.54. The van der Waals surface area contributed by atoms with Crippen LogP contribution in [-0.4, -0.2) is 24.2 Å². The molecule has 5 nitrogen and oxygen atoms in total. The summed E-state index contributed by atoms with van der Waals surface area (Å²) in [6.45, 7) is 0.00911. The van der Waals surface area contributed by atoms with Crippen molar-refractivity contribution in [2.45, 2.75) is 6.54 Å². The number of anilines is 1. The molecular formula is C13H12F3N3O2. The summed E-state index contributed by atoms with van der Waals surface area (Å²) in [6, 6.07) is 1.92. The van der Waals surface area contributed by atoms with Crippen molar-refractivity contribution < 1.29 is 22.6 Å². The normalized spacial score (nSPS) is 10.3. The number of nitrogens with zero attached hydrogens (tertiary/aromatic N) is 2. The van der Waals surface area contributed by atoms with Crippen LogP contribution in [0.2, 0.25) is 0 Å². The summed E-state index contributed by atoms with van der Waals surface area (Å²) < 4.78 is 49.7. The molecule has 1 heterocycles. The van der Waals surface area contributed by atoms with E-state index in [0.717, 1.165) is 12.1 Å². The van der Waals surface area contributed by atoms with Crippen LogP contribution in [0.1, 0.15) is 5.56 Å². The monoisotopic (exact) mass is 299 g/mol. The Kier molecular flexibility index (Phi) is 4.46. The van der Waals surface area contributed by atoms with Gasteiger partial charge in [0, 0.05) is 0 Å². The number of rotatable bonds is 5. The minimum absolute atomic E-state index is 0.00911. The van der Waals surface area contributed by atoms with E-state index in [-0.39, 0.29) is 24.0 Å². The Hall–Kier alpha value is -2.51. The van der Waals surface area contributed by atoms with Gasteiger partial charge in [0.15, 0.2) is 17.5 Å². The van der Waals surface area contributed by atoms with Crippen LogP contribution in [0.3, 0.4) is 0 Å². The summed E-state index contributed by atoms with van der Waals surface area (Å²) in [6.07, 6.45) is 1.25. The van der Waals surface area contributed by atoms with Crippen molar-refractivity contribution in [2.75, 3.05) is 19.5 Å².